The Morgan fingerprint density at radius 3 is 2.76 bits per heavy atom. The molecule has 6 heteroatoms. The number of ether oxygens (including phenoxy) is 2. The lowest BCUT2D eigenvalue weighted by atomic mass is 10.2. The van der Waals surface area contributed by atoms with Gasteiger partial charge in [0.1, 0.15) is 0 Å². The lowest BCUT2D eigenvalue weighted by molar-refractivity contribution is -0.141. The first-order valence-electron chi connectivity index (χ1n) is 7.12. The van der Waals surface area contributed by atoms with Gasteiger partial charge in [0, 0.05) is 31.2 Å². The van der Waals surface area contributed by atoms with Crippen molar-refractivity contribution in [2.75, 3.05) is 33.4 Å². The third-order valence-electron chi connectivity index (χ3n) is 2.99. The highest BCUT2D eigenvalue weighted by molar-refractivity contribution is 7.10. The number of hydrogen-bond acceptors (Lipinski definition) is 5. The summed E-state index contributed by atoms with van der Waals surface area (Å²) in [6.45, 7) is 4.23. The number of methoxy groups -OCH3 is 1. The van der Waals surface area contributed by atoms with E-state index in [1.165, 1.54) is 7.11 Å². The Morgan fingerprint density at radius 2 is 2.14 bits per heavy atom. The molecule has 0 saturated carbocycles. The van der Waals surface area contributed by atoms with Gasteiger partial charge < -0.3 is 14.4 Å². The molecule has 21 heavy (non-hydrogen) atoms. The van der Waals surface area contributed by atoms with E-state index in [1.54, 1.807) is 16.2 Å². The lowest BCUT2D eigenvalue weighted by Crippen LogP contribution is -2.35. The van der Waals surface area contributed by atoms with Crippen molar-refractivity contribution in [2.24, 2.45) is 0 Å². The van der Waals surface area contributed by atoms with Crippen LogP contribution in [0.1, 0.15) is 24.6 Å². The number of nitrogens with zero attached hydrogens (tertiary/aromatic N) is 1. The van der Waals surface area contributed by atoms with Crippen LogP contribution in [0, 0.1) is 0 Å². The Morgan fingerprint density at radius 1 is 1.33 bits per heavy atom. The number of amides is 1. The predicted octanol–water partition coefficient (Wildman–Crippen LogP) is 2.11. The highest BCUT2D eigenvalue weighted by Gasteiger charge is 2.16. The molecule has 1 rings (SSSR count). The summed E-state index contributed by atoms with van der Waals surface area (Å²) in [6.07, 6.45) is 1.37. The molecule has 0 saturated heterocycles. The van der Waals surface area contributed by atoms with E-state index in [-0.39, 0.29) is 18.3 Å². The van der Waals surface area contributed by atoms with Crippen molar-refractivity contribution in [3.63, 3.8) is 0 Å². The van der Waals surface area contributed by atoms with Gasteiger partial charge in [-0.2, -0.15) is 0 Å². The van der Waals surface area contributed by atoms with Gasteiger partial charge in [-0.05, 0) is 24.8 Å². The van der Waals surface area contributed by atoms with Crippen molar-refractivity contribution in [3.8, 4) is 0 Å². The summed E-state index contributed by atoms with van der Waals surface area (Å²) in [5.41, 5.74) is 0. The second-order valence-electron chi connectivity index (χ2n) is 4.51. The molecule has 1 aromatic heterocycles. The van der Waals surface area contributed by atoms with Crippen molar-refractivity contribution in [3.05, 3.63) is 22.4 Å². The molecule has 0 aliphatic rings. The van der Waals surface area contributed by atoms with E-state index in [2.05, 4.69) is 4.74 Å². The largest absolute Gasteiger partial charge is 0.469 e. The van der Waals surface area contributed by atoms with Crippen LogP contribution in [0.2, 0.25) is 0 Å². The Bertz CT molecular complexity index is 419. The predicted molar refractivity (Wildman–Crippen MR) is 82.3 cm³/mol. The zero-order valence-electron chi connectivity index (χ0n) is 12.7. The summed E-state index contributed by atoms with van der Waals surface area (Å²) in [6, 6.07) is 3.88. The molecule has 0 aromatic carbocycles. The fraction of sp³-hybridized carbons (Fsp3) is 0.600. The van der Waals surface area contributed by atoms with Gasteiger partial charge in [-0.25, -0.2) is 0 Å². The molecule has 0 atom stereocenters. The maximum atomic E-state index is 12.3. The first kappa shape index (κ1) is 17.7. The third kappa shape index (κ3) is 7.24. The molecular formula is C15H23NO4S. The van der Waals surface area contributed by atoms with Crippen LogP contribution < -0.4 is 0 Å². The summed E-state index contributed by atoms with van der Waals surface area (Å²) in [5, 5.41) is 1.95. The van der Waals surface area contributed by atoms with Crippen molar-refractivity contribution in [1.29, 1.82) is 0 Å². The van der Waals surface area contributed by atoms with Crippen molar-refractivity contribution >= 4 is 23.2 Å². The maximum Gasteiger partial charge on any atom is 0.307 e. The molecule has 0 radical (unpaired) electrons. The molecule has 5 nitrogen and oxygen atoms in total. The third-order valence-corrected chi connectivity index (χ3v) is 3.87. The Hall–Kier alpha value is -1.40. The molecule has 0 aliphatic heterocycles. The van der Waals surface area contributed by atoms with Crippen molar-refractivity contribution < 1.29 is 19.1 Å². The monoisotopic (exact) mass is 313 g/mol. The highest BCUT2D eigenvalue weighted by Crippen LogP contribution is 2.11. The summed E-state index contributed by atoms with van der Waals surface area (Å²) in [7, 11) is 1.36. The van der Waals surface area contributed by atoms with Crippen LogP contribution >= 0.6 is 11.3 Å². The molecule has 0 fully saturated rings. The standard InChI is InChI=1S/C15H23NO4S/c1-3-20-10-5-8-16(9-7-15(18)19-2)14(17)12-13-6-4-11-21-13/h4,6,11H,3,5,7-10,12H2,1-2H3. The second kappa shape index (κ2) is 10.3. The molecule has 118 valence electrons. The molecule has 0 bridgehead atoms. The Labute approximate surface area is 129 Å². The molecule has 0 unspecified atom stereocenters. The van der Waals surface area contributed by atoms with Crippen LogP contribution in [0.3, 0.4) is 0 Å². The molecule has 1 heterocycles. The van der Waals surface area contributed by atoms with E-state index in [0.717, 1.165) is 11.3 Å². The minimum atomic E-state index is -0.297. The van der Waals surface area contributed by atoms with E-state index in [9.17, 15) is 9.59 Å². The van der Waals surface area contributed by atoms with Gasteiger partial charge in [0.05, 0.1) is 20.0 Å². The normalized spacial score (nSPS) is 10.4. The van der Waals surface area contributed by atoms with Crippen LogP contribution in [0.5, 0.6) is 0 Å². The molecule has 0 N–H and O–H groups in total. The van der Waals surface area contributed by atoms with Crippen molar-refractivity contribution in [2.45, 2.75) is 26.2 Å². The number of hydrogen-bond donors (Lipinski definition) is 0. The van der Waals surface area contributed by atoms with Gasteiger partial charge in [-0.15, -0.1) is 11.3 Å². The minimum absolute atomic E-state index is 0.0397. The minimum Gasteiger partial charge on any atom is -0.469 e. The van der Waals surface area contributed by atoms with Gasteiger partial charge in [-0.1, -0.05) is 6.07 Å². The maximum absolute atomic E-state index is 12.3. The van der Waals surface area contributed by atoms with Gasteiger partial charge in [-0.3, -0.25) is 9.59 Å². The zero-order valence-corrected chi connectivity index (χ0v) is 13.5. The number of esters is 1. The Balaban J connectivity index is 2.48. The summed E-state index contributed by atoms with van der Waals surface area (Å²) < 4.78 is 9.92. The van der Waals surface area contributed by atoms with Gasteiger partial charge in [0.2, 0.25) is 5.91 Å². The Kier molecular flexibility index (Phi) is 8.69. The van der Waals surface area contributed by atoms with Crippen LogP contribution in [-0.2, 0) is 25.5 Å². The number of carbonyl (C=O) groups is 2. The smallest absolute Gasteiger partial charge is 0.307 e. The molecule has 1 amide bonds. The van der Waals surface area contributed by atoms with E-state index in [0.29, 0.717) is 32.7 Å². The van der Waals surface area contributed by atoms with Gasteiger partial charge in [0.15, 0.2) is 0 Å². The molecule has 0 spiro atoms. The summed E-state index contributed by atoms with van der Waals surface area (Å²) in [4.78, 5) is 26.3. The van der Waals surface area contributed by atoms with E-state index in [4.69, 9.17) is 4.74 Å². The van der Waals surface area contributed by atoms with E-state index < -0.39 is 0 Å². The topological polar surface area (TPSA) is 55.8 Å². The van der Waals surface area contributed by atoms with E-state index in [1.807, 2.05) is 24.4 Å². The summed E-state index contributed by atoms with van der Waals surface area (Å²) >= 11 is 1.57. The lowest BCUT2D eigenvalue weighted by Gasteiger charge is -2.22. The van der Waals surface area contributed by atoms with Gasteiger partial charge in [0.25, 0.3) is 0 Å². The average Bonchev–Trinajstić information content (AvgIpc) is 2.98. The van der Waals surface area contributed by atoms with Crippen LogP contribution in [-0.4, -0.2) is 50.2 Å². The van der Waals surface area contributed by atoms with E-state index >= 15 is 0 Å². The van der Waals surface area contributed by atoms with Crippen LogP contribution in [0.15, 0.2) is 17.5 Å². The van der Waals surface area contributed by atoms with Crippen LogP contribution in [0.25, 0.3) is 0 Å². The SMILES string of the molecule is CCOCCCN(CCC(=O)OC)C(=O)Cc1cccs1. The summed E-state index contributed by atoms with van der Waals surface area (Å²) in [5.74, 6) is -0.258. The quantitative estimate of drug-likeness (QED) is 0.490. The molecule has 0 aliphatic carbocycles. The first-order valence-corrected chi connectivity index (χ1v) is 8.00. The number of carbonyl (C=O) groups excluding carboxylic acids is 2. The second-order valence-corrected chi connectivity index (χ2v) is 5.55. The van der Waals surface area contributed by atoms with Crippen LogP contribution in [0.4, 0.5) is 0 Å². The van der Waals surface area contributed by atoms with Gasteiger partial charge >= 0.3 is 5.97 Å². The number of thiophene rings is 1. The highest BCUT2D eigenvalue weighted by atomic mass is 32.1. The molecule has 1 aromatic rings. The fourth-order valence-corrected chi connectivity index (χ4v) is 2.56. The fourth-order valence-electron chi connectivity index (χ4n) is 1.87. The average molecular weight is 313 g/mol. The molecular weight excluding hydrogens is 290 g/mol. The zero-order chi connectivity index (χ0) is 15.5. The van der Waals surface area contributed by atoms with Crippen molar-refractivity contribution in [1.82, 2.24) is 4.90 Å². The number of rotatable bonds is 10. The first-order chi connectivity index (χ1) is 10.2.